The van der Waals surface area contributed by atoms with Crippen LogP contribution in [0.4, 0.5) is 0 Å². The van der Waals surface area contributed by atoms with Gasteiger partial charge in [-0.1, -0.05) is 0 Å². The molecular formula is C11H20N2O. The molecule has 1 unspecified atom stereocenters. The van der Waals surface area contributed by atoms with Crippen LogP contribution >= 0.6 is 0 Å². The molecule has 0 saturated carbocycles. The molecule has 0 amide bonds. The lowest BCUT2D eigenvalue weighted by Crippen LogP contribution is -2.52. The van der Waals surface area contributed by atoms with Crippen molar-refractivity contribution in [2.24, 2.45) is 5.92 Å². The molecule has 1 atom stereocenters. The van der Waals surface area contributed by atoms with Crippen LogP contribution in [0, 0.1) is 17.2 Å². The first-order valence-corrected chi connectivity index (χ1v) is 5.18. The van der Waals surface area contributed by atoms with E-state index in [0.717, 1.165) is 19.3 Å². The van der Waals surface area contributed by atoms with Crippen molar-refractivity contribution in [3.63, 3.8) is 0 Å². The van der Waals surface area contributed by atoms with E-state index >= 15 is 0 Å². The monoisotopic (exact) mass is 196 g/mol. The highest BCUT2D eigenvalue weighted by Crippen LogP contribution is 2.37. The van der Waals surface area contributed by atoms with Crippen molar-refractivity contribution in [1.29, 1.82) is 5.26 Å². The normalized spacial score (nSPS) is 31.9. The van der Waals surface area contributed by atoms with Crippen molar-refractivity contribution in [1.82, 2.24) is 5.06 Å². The first-order chi connectivity index (χ1) is 6.29. The van der Waals surface area contributed by atoms with E-state index in [4.69, 9.17) is 5.26 Å². The Bertz CT molecular complexity index is 253. The number of hydrogen-bond donors (Lipinski definition) is 1. The van der Waals surface area contributed by atoms with Crippen LogP contribution in [-0.2, 0) is 0 Å². The second-order valence-electron chi connectivity index (χ2n) is 5.51. The van der Waals surface area contributed by atoms with Crippen LogP contribution in [0.3, 0.4) is 0 Å². The maximum absolute atomic E-state index is 10.1. The Labute approximate surface area is 86.3 Å². The van der Waals surface area contributed by atoms with Crippen molar-refractivity contribution < 1.29 is 5.21 Å². The van der Waals surface area contributed by atoms with E-state index in [1.807, 2.05) is 27.7 Å². The highest BCUT2D eigenvalue weighted by atomic mass is 16.5. The van der Waals surface area contributed by atoms with Gasteiger partial charge in [-0.2, -0.15) is 10.3 Å². The maximum Gasteiger partial charge on any atom is 0.0656 e. The molecule has 1 fully saturated rings. The molecular weight excluding hydrogens is 176 g/mol. The van der Waals surface area contributed by atoms with Crippen molar-refractivity contribution in [2.45, 2.75) is 58.0 Å². The lowest BCUT2D eigenvalue weighted by molar-refractivity contribution is -0.221. The molecule has 1 saturated heterocycles. The molecule has 0 aromatic rings. The quantitative estimate of drug-likeness (QED) is 0.647. The van der Waals surface area contributed by atoms with Crippen LogP contribution in [0.2, 0.25) is 0 Å². The molecule has 0 spiro atoms. The summed E-state index contributed by atoms with van der Waals surface area (Å²) in [7, 11) is 0. The predicted molar refractivity (Wildman–Crippen MR) is 54.7 cm³/mol. The van der Waals surface area contributed by atoms with Crippen LogP contribution in [0.5, 0.6) is 0 Å². The van der Waals surface area contributed by atoms with Gasteiger partial charge in [0.15, 0.2) is 0 Å². The largest absolute Gasteiger partial charge is 0.313 e. The van der Waals surface area contributed by atoms with Crippen molar-refractivity contribution >= 4 is 0 Å². The third-order valence-corrected chi connectivity index (χ3v) is 3.18. The lowest BCUT2D eigenvalue weighted by Gasteiger charge is -2.42. The number of rotatable bonds is 0. The van der Waals surface area contributed by atoms with Crippen LogP contribution in [0.15, 0.2) is 0 Å². The van der Waals surface area contributed by atoms with E-state index in [-0.39, 0.29) is 17.0 Å². The fourth-order valence-electron chi connectivity index (χ4n) is 2.35. The third-order valence-electron chi connectivity index (χ3n) is 3.18. The van der Waals surface area contributed by atoms with Gasteiger partial charge in [-0.3, -0.25) is 0 Å². The Balaban J connectivity index is 2.92. The molecule has 0 aliphatic carbocycles. The Morgan fingerprint density at radius 3 is 2.36 bits per heavy atom. The van der Waals surface area contributed by atoms with E-state index in [1.165, 1.54) is 5.06 Å². The van der Waals surface area contributed by atoms with Gasteiger partial charge in [-0.05, 0) is 47.0 Å². The molecule has 1 N–H and O–H groups in total. The second-order valence-corrected chi connectivity index (χ2v) is 5.51. The van der Waals surface area contributed by atoms with Gasteiger partial charge in [-0.25, -0.2) is 0 Å². The fourth-order valence-corrected chi connectivity index (χ4v) is 2.35. The van der Waals surface area contributed by atoms with Crippen molar-refractivity contribution in [3.8, 4) is 6.07 Å². The average Bonchev–Trinajstić information content (AvgIpc) is 2.16. The Morgan fingerprint density at radius 1 is 1.29 bits per heavy atom. The summed E-state index contributed by atoms with van der Waals surface area (Å²) in [4.78, 5) is 0. The molecule has 1 heterocycles. The molecule has 1 aliphatic rings. The second kappa shape index (κ2) is 3.52. The summed E-state index contributed by atoms with van der Waals surface area (Å²) in [5, 5.41) is 20.5. The summed E-state index contributed by atoms with van der Waals surface area (Å²) < 4.78 is 0. The van der Waals surface area contributed by atoms with E-state index < -0.39 is 0 Å². The van der Waals surface area contributed by atoms with Gasteiger partial charge in [0, 0.05) is 17.0 Å². The van der Waals surface area contributed by atoms with Crippen molar-refractivity contribution in [2.75, 3.05) is 0 Å². The molecule has 80 valence electrons. The first kappa shape index (κ1) is 11.5. The van der Waals surface area contributed by atoms with E-state index in [1.54, 1.807) is 0 Å². The Kier molecular flexibility index (Phi) is 2.89. The summed E-state index contributed by atoms with van der Waals surface area (Å²) in [5.74, 6) is 0.0708. The van der Waals surface area contributed by atoms with Crippen LogP contribution in [-0.4, -0.2) is 21.3 Å². The van der Waals surface area contributed by atoms with Gasteiger partial charge in [0.05, 0.1) is 6.07 Å². The summed E-state index contributed by atoms with van der Waals surface area (Å²) in [6, 6.07) is 2.32. The Hall–Kier alpha value is -0.590. The van der Waals surface area contributed by atoms with E-state index in [2.05, 4.69) is 6.07 Å². The van der Waals surface area contributed by atoms with Crippen molar-refractivity contribution in [3.05, 3.63) is 0 Å². The van der Waals surface area contributed by atoms with Crippen LogP contribution < -0.4 is 0 Å². The molecule has 14 heavy (non-hydrogen) atoms. The minimum absolute atomic E-state index is 0.0708. The number of hydroxylamine groups is 2. The lowest BCUT2D eigenvalue weighted by atomic mass is 9.91. The molecule has 0 radical (unpaired) electrons. The van der Waals surface area contributed by atoms with E-state index in [9.17, 15) is 5.21 Å². The predicted octanol–water partition coefficient (Wildman–Crippen LogP) is 2.56. The molecule has 3 nitrogen and oxygen atoms in total. The Morgan fingerprint density at radius 2 is 1.86 bits per heavy atom. The SMILES string of the molecule is CC1(C)CCC(C#N)CC(C)(C)N1O. The maximum atomic E-state index is 10.1. The topological polar surface area (TPSA) is 47.3 Å². The van der Waals surface area contributed by atoms with Gasteiger partial charge in [0.2, 0.25) is 0 Å². The van der Waals surface area contributed by atoms with Gasteiger partial charge in [-0.15, -0.1) is 0 Å². The zero-order valence-electron chi connectivity index (χ0n) is 9.54. The molecule has 0 aromatic carbocycles. The number of nitrogens with zero attached hydrogens (tertiary/aromatic N) is 2. The van der Waals surface area contributed by atoms with Gasteiger partial charge < -0.3 is 5.21 Å². The summed E-state index contributed by atoms with van der Waals surface area (Å²) in [6.45, 7) is 8.03. The van der Waals surface area contributed by atoms with Crippen LogP contribution in [0.25, 0.3) is 0 Å². The zero-order valence-corrected chi connectivity index (χ0v) is 9.54. The molecule has 1 aliphatic heterocycles. The minimum Gasteiger partial charge on any atom is -0.313 e. The summed E-state index contributed by atoms with van der Waals surface area (Å²) in [5.41, 5.74) is -0.532. The van der Waals surface area contributed by atoms with Gasteiger partial charge in [0.1, 0.15) is 0 Å². The fraction of sp³-hybridized carbons (Fsp3) is 0.909. The number of nitriles is 1. The van der Waals surface area contributed by atoms with E-state index in [0.29, 0.717) is 0 Å². The third kappa shape index (κ3) is 2.08. The first-order valence-electron chi connectivity index (χ1n) is 5.18. The molecule has 1 rings (SSSR count). The zero-order chi connectivity index (χ0) is 11.0. The average molecular weight is 196 g/mol. The summed E-state index contributed by atoms with van der Waals surface area (Å²) >= 11 is 0. The number of hydrogen-bond acceptors (Lipinski definition) is 3. The standard InChI is InChI=1S/C11H20N2O/c1-10(2)6-5-9(8-12)7-11(3,4)13(10)14/h9,14H,5-7H2,1-4H3. The van der Waals surface area contributed by atoms with Gasteiger partial charge in [0.25, 0.3) is 0 Å². The van der Waals surface area contributed by atoms with Crippen LogP contribution in [0.1, 0.15) is 47.0 Å². The van der Waals surface area contributed by atoms with Gasteiger partial charge >= 0.3 is 0 Å². The molecule has 0 aromatic heterocycles. The highest BCUT2D eigenvalue weighted by Gasteiger charge is 2.41. The smallest absolute Gasteiger partial charge is 0.0656 e. The molecule has 3 heteroatoms. The minimum atomic E-state index is -0.305. The highest BCUT2D eigenvalue weighted by molar-refractivity contribution is 4.98. The molecule has 0 bridgehead atoms. The summed E-state index contributed by atoms with van der Waals surface area (Å²) in [6.07, 6.45) is 2.48.